The Balaban J connectivity index is 2.10. The Hall–Kier alpha value is -4.14. The summed E-state index contributed by atoms with van der Waals surface area (Å²) in [7, 11) is 8.92. The molecule has 9 heteroatoms. The van der Waals surface area contributed by atoms with Crippen LogP contribution in [0.1, 0.15) is 11.1 Å². The molecule has 0 radical (unpaired) electrons. The lowest BCUT2D eigenvalue weighted by Gasteiger charge is -2.12. The minimum absolute atomic E-state index is 0.423. The quantitative estimate of drug-likeness (QED) is 0.301. The Morgan fingerprint density at radius 3 is 1.09 bits per heavy atom. The molecule has 0 heterocycles. The molecule has 0 saturated carbocycles. The normalized spacial score (nSPS) is 10.7. The molecule has 176 valence electrons. The smallest absolute Gasteiger partial charge is 0.338 e. The minimum Gasteiger partial charge on any atom is -0.493 e. The van der Waals surface area contributed by atoms with Crippen LogP contribution in [0.2, 0.25) is 0 Å². The molecule has 0 saturated heterocycles. The van der Waals surface area contributed by atoms with E-state index in [9.17, 15) is 9.59 Å². The van der Waals surface area contributed by atoms with Crippen molar-refractivity contribution in [3.8, 4) is 34.5 Å². The maximum Gasteiger partial charge on any atom is 0.338 e. The topological polar surface area (TPSA) is 98.8 Å². The highest BCUT2D eigenvalue weighted by Gasteiger charge is 2.14. The molecular formula is C24H26O9. The van der Waals surface area contributed by atoms with Gasteiger partial charge in [0.05, 0.1) is 42.7 Å². The van der Waals surface area contributed by atoms with Gasteiger partial charge in [0, 0.05) is 12.2 Å². The Kier molecular flexibility index (Phi) is 9.17. The molecule has 0 bridgehead atoms. The van der Waals surface area contributed by atoms with E-state index in [-0.39, 0.29) is 0 Å². The van der Waals surface area contributed by atoms with Crippen molar-refractivity contribution in [2.45, 2.75) is 0 Å². The van der Waals surface area contributed by atoms with Gasteiger partial charge in [0.15, 0.2) is 23.0 Å². The first-order valence-corrected chi connectivity index (χ1v) is 9.62. The van der Waals surface area contributed by atoms with Gasteiger partial charge in [0.2, 0.25) is 11.5 Å². The molecule has 33 heavy (non-hydrogen) atoms. The molecule has 0 atom stereocenters. The zero-order valence-electron chi connectivity index (χ0n) is 19.3. The van der Waals surface area contributed by atoms with Gasteiger partial charge in [0.25, 0.3) is 0 Å². The summed E-state index contributed by atoms with van der Waals surface area (Å²) in [6.07, 6.45) is 5.16. The summed E-state index contributed by atoms with van der Waals surface area (Å²) in [4.78, 5) is 24.1. The number of rotatable bonds is 10. The van der Waals surface area contributed by atoms with E-state index in [1.165, 1.54) is 54.8 Å². The van der Waals surface area contributed by atoms with E-state index < -0.39 is 11.9 Å². The average Bonchev–Trinajstić information content (AvgIpc) is 2.84. The van der Waals surface area contributed by atoms with Gasteiger partial charge in [-0.2, -0.15) is 0 Å². The maximum atomic E-state index is 12.0. The highest BCUT2D eigenvalue weighted by molar-refractivity contribution is 6.00. The van der Waals surface area contributed by atoms with Gasteiger partial charge in [-0.1, -0.05) is 0 Å². The highest BCUT2D eigenvalue weighted by Crippen LogP contribution is 2.39. The lowest BCUT2D eigenvalue weighted by Crippen LogP contribution is -2.07. The van der Waals surface area contributed by atoms with Gasteiger partial charge >= 0.3 is 11.9 Å². The van der Waals surface area contributed by atoms with Gasteiger partial charge in [-0.05, 0) is 47.5 Å². The van der Waals surface area contributed by atoms with Crippen molar-refractivity contribution in [2.75, 3.05) is 42.7 Å². The summed E-state index contributed by atoms with van der Waals surface area (Å²) in [5.41, 5.74) is 1.17. The third-order valence-corrected chi connectivity index (χ3v) is 4.40. The largest absolute Gasteiger partial charge is 0.493 e. The van der Waals surface area contributed by atoms with Crippen molar-refractivity contribution in [1.29, 1.82) is 0 Å². The van der Waals surface area contributed by atoms with Crippen molar-refractivity contribution in [3.05, 3.63) is 47.5 Å². The molecule has 0 unspecified atom stereocenters. The average molecular weight is 458 g/mol. The predicted octanol–water partition coefficient (Wildman–Crippen LogP) is 3.53. The van der Waals surface area contributed by atoms with Gasteiger partial charge in [-0.15, -0.1) is 0 Å². The molecule has 0 aliphatic rings. The predicted molar refractivity (Wildman–Crippen MR) is 121 cm³/mol. The SMILES string of the molecule is COc1cc(/C=C\C(=O)OC(=O)/C=C\c2cc(OC)c(OC)c(OC)c2)cc(OC)c1OC. The summed E-state index contributed by atoms with van der Waals surface area (Å²) >= 11 is 0. The van der Waals surface area contributed by atoms with Gasteiger partial charge < -0.3 is 33.2 Å². The van der Waals surface area contributed by atoms with Crippen molar-refractivity contribution in [2.24, 2.45) is 0 Å². The third-order valence-electron chi connectivity index (χ3n) is 4.40. The first kappa shape index (κ1) is 25.1. The monoisotopic (exact) mass is 458 g/mol. The Bertz CT molecular complexity index is 920. The fraction of sp³-hybridized carbons (Fsp3) is 0.250. The summed E-state index contributed by atoms with van der Waals surface area (Å²) < 4.78 is 36.4. The van der Waals surface area contributed by atoms with Crippen LogP contribution in [0.25, 0.3) is 12.2 Å². The van der Waals surface area contributed by atoms with E-state index in [1.807, 2.05) is 0 Å². The second-order valence-electron chi connectivity index (χ2n) is 6.32. The zero-order valence-corrected chi connectivity index (χ0v) is 19.3. The maximum absolute atomic E-state index is 12.0. The first-order valence-electron chi connectivity index (χ1n) is 9.62. The van der Waals surface area contributed by atoms with Gasteiger partial charge in [0.1, 0.15) is 0 Å². The fourth-order valence-corrected chi connectivity index (χ4v) is 2.89. The Morgan fingerprint density at radius 1 is 0.545 bits per heavy atom. The zero-order chi connectivity index (χ0) is 24.4. The van der Waals surface area contributed by atoms with Crippen LogP contribution in [0.15, 0.2) is 36.4 Å². The van der Waals surface area contributed by atoms with Crippen LogP contribution >= 0.6 is 0 Å². The third kappa shape index (κ3) is 6.42. The summed E-state index contributed by atoms with van der Waals surface area (Å²) in [6, 6.07) is 6.60. The Labute approximate surface area is 192 Å². The van der Waals surface area contributed by atoms with Crippen LogP contribution in [-0.2, 0) is 14.3 Å². The molecular weight excluding hydrogens is 432 g/mol. The fourth-order valence-electron chi connectivity index (χ4n) is 2.89. The molecule has 0 spiro atoms. The van der Waals surface area contributed by atoms with E-state index in [0.29, 0.717) is 45.6 Å². The second-order valence-corrected chi connectivity index (χ2v) is 6.32. The Morgan fingerprint density at radius 2 is 0.848 bits per heavy atom. The second kappa shape index (κ2) is 12.0. The molecule has 0 fully saturated rings. The van der Waals surface area contributed by atoms with Crippen molar-refractivity contribution in [1.82, 2.24) is 0 Å². The van der Waals surface area contributed by atoms with E-state index in [1.54, 1.807) is 24.3 Å². The first-order chi connectivity index (χ1) is 15.9. The van der Waals surface area contributed by atoms with E-state index in [0.717, 1.165) is 12.2 Å². The summed E-state index contributed by atoms with van der Waals surface area (Å²) in [5, 5.41) is 0. The standard InChI is InChI=1S/C24H26O9/c1-27-17-11-15(12-18(28-2)23(17)31-5)7-9-21(25)33-22(26)10-8-16-13-19(29-3)24(32-6)20(14-16)30-4/h7-14H,1-6H3/b9-7-,10-8-. The summed E-state index contributed by atoms with van der Waals surface area (Å²) in [5.74, 6) is 0.858. The number of methoxy groups -OCH3 is 6. The van der Waals surface area contributed by atoms with Crippen molar-refractivity contribution >= 4 is 24.1 Å². The van der Waals surface area contributed by atoms with Crippen LogP contribution in [0.3, 0.4) is 0 Å². The van der Waals surface area contributed by atoms with E-state index >= 15 is 0 Å². The molecule has 0 N–H and O–H groups in total. The van der Waals surface area contributed by atoms with Crippen molar-refractivity contribution < 1.29 is 42.7 Å². The molecule has 0 aliphatic carbocycles. The highest BCUT2D eigenvalue weighted by atomic mass is 16.6. The van der Waals surface area contributed by atoms with Gasteiger partial charge in [-0.25, -0.2) is 9.59 Å². The summed E-state index contributed by atoms with van der Waals surface area (Å²) in [6.45, 7) is 0. The number of carbonyl (C=O) groups excluding carboxylic acids is 2. The number of hydrogen-bond acceptors (Lipinski definition) is 9. The van der Waals surface area contributed by atoms with Crippen LogP contribution in [-0.4, -0.2) is 54.6 Å². The molecule has 2 aromatic rings. The lowest BCUT2D eigenvalue weighted by molar-refractivity contribution is -0.152. The van der Waals surface area contributed by atoms with Crippen LogP contribution in [0.4, 0.5) is 0 Å². The number of carbonyl (C=O) groups is 2. The minimum atomic E-state index is -0.844. The molecule has 0 aliphatic heterocycles. The number of esters is 2. The van der Waals surface area contributed by atoms with E-state index in [4.69, 9.17) is 33.2 Å². The number of hydrogen-bond donors (Lipinski definition) is 0. The van der Waals surface area contributed by atoms with Crippen LogP contribution in [0, 0.1) is 0 Å². The van der Waals surface area contributed by atoms with Crippen LogP contribution in [0.5, 0.6) is 34.5 Å². The van der Waals surface area contributed by atoms with Gasteiger partial charge in [-0.3, -0.25) is 0 Å². The molecule has 2 rings (SSSR count). The van der Waals surface area contributed by atoms with Crippen molar-refractivity contribution in [3.63, 3.8) is 0 Å². The molecule has 9 nitrogen and oxygen atoms in total. The molecule has 0 aromatic heterocycles. The number of benzene rings is 2. The van der Waals surface area contributed by atoms with Crippen LogP contribution < -0.4 is 28.4 Å². The van der Waals surface area contributed by atoms with E-state index in [2.05, 4.69) is 0 Å². The molecule has 0 amide bonds. The molecule has 2 aromatic carbocycles. The number of ether oxygens (including phenoxy) is 7. The lowest BCUT2D eigenvalue weighted by atomic mass is 10.1.